The van der Waals surface area contributed by atoms with Crippen LogP contribution in [-0.2, 0) is 4.74 Å². The SMILES string of the molecule is CCN(C(=O)c1nc(C(=O)NCC2CCCO2)c2ccccn12)c1ccccc1. The largest absolute Gasteiger partial charge is 0.376 e. The number of hydrogen-bond acceptors (Lipinski definition) is 4. The molecule has 7 nitrogen and oxygen atoms in total. The zero-order valence-electron chi connectivity index (χ0n) is 16.4. The molecule has 1 aliphatic rings. The van der Waals surface area contributed by atoms with Crippen molar-refractivity contribution in [3.63, 3.8) is 0 Å². The molecule has 0 radical (unpaired) electrons. The molecule has 0 saturated carbocycles. The van der Waals surface area contributed by atoms with Crippen molar-refractivity contribution in [2.24, 2.45) is 0 Å². The minimum Gasteiger partial charge on any atom is -0.376 e. The van der Waals surface area contributed by atoms with E-state index in [1.165, 1.54) is 0 Å². The third-order valence-electron chi connectivity index (χ3n) is 5.10. The predicted molar refractivity (Wildman–Crippen MR) is 110 cm³/mol. The fraction of sp³-hybridized carbons (Fsp3) is 0.318. The molecule has 1 saturated heterocycles. The second-order valence-electron chi connectivity index (χ2n) is 6.97. The number of fused-ring (bicyclic) bond motifs is 1. The standard InChI is InChI=1S/C22H24N4O3/c1-2-25(16-9-4-3-5-10-16)22(28)20-24-19(18-12-6-7-13-26(18)20)21(27)23-15-17-11-8-14-29-17/h3-7,9-10,12-13,17H,2,8,11,14-15H2,1H3,(H,23,27). The summed E-state index contributed by atoms with van der Waals surface area (Å²) in [6, 6.07) is 14.9. The summed E-state index contributed by atoms with van der Waals surface area (Å²) < 4.78 is 7.24. The summed E-state index contributed by atoms with van der Waals surface area (Å²) in [4.78, 5) is 32.2. The van der Waals surface area contributed by atoms with Crippen molar-refractivity contribution in [1.29, 1.82) is 0 Å². The smallest absolute Gasteiger partial charge is 0.294 e. The second kappa shape index (κ2) is 8.45. The Balaban J connectivity index is 1.64. The van der Waals surface area contributed by atoms with E-state index in [9.17, 15) is 9.59 Å². The molecule has 4 rings (SSSR count). The second-order valence-corrected chi connectivity index (χ2v) is 6.97. The van der Waals surface area contributed by atoms with Crippen LogP contribution in [0.25, 0.3) is 5.52 Å². The number of ether oxygens (including phenoxy) is 1. The maximum Gasteiger partial charge on any atom is 0.294 e. The van der Waals surface area contributed by atoms with Crippen LogP contribution in [0.3, 0.4) is 0 Å². The molecule has 7 heteroatoms. The highest BCUT2D eigenvalue weighted by atomic mass is 16.5. The molecule has 0 aliphatic carbocycles. The number of pyridine rings is 1. The minimum absolute atomic E-state index is 0.0441. The lowest BCUT2D eigenvalue weighted by Crippen LogP contribution is -2.33. The summed E-state index contributed by atoms with van der Waals surface area (Å²) >= 11 is 0. The molecule has 1 atom stereocenters. The Labute approximate surface area is 169 Å². The number of carbonyl (C=O) groups is 2. The molecule has 1 aromatic carbocycles. The van der Waals surface area contributed by atoms with Crippen molar-refractivity contribution in [3.05, 3.63) is 66.2 Å². The molecule has 1 N–H and O–H groups in total. The summed E-state index contributed by atoms with van der Waals surface area (Å²) in [5, 5.41) is 2.90. The molecule has 3 heterocycles. The predicted octanol–water partition coefficient (Wildman–Crippen LogP) is 2.91. The molecular weight excluding hydrogens is 368 g/mol. The van der Waals surface area contributed by atoms with Crippen molar-refractivity contribution in [1.82, 2.24) is 14.7 Å². The summed E-state index contributed by atoms with van der Waals surface area (Å²) in [6.45, 7) is 3.58. The van der Waals surface area contributed by atoms with Gasteiger partial charge in [-0.15, -0.1) is 0 Å². The lowest BCUT2D eigenvalue weighted by molar-refractivity contribution is 0.0855. The molecule has 0 spiro atoms. The third kappa shape index (κ3) is 3.86. The molecule has 1 unspecified atom stereocenters. The van der Waals surface area contributed by atoms with Gasteiger partial charge in [-0.1, -0.05) is 24.3 Å². The number of imidazole rings is 1. The van der Waals surface area contributed by atoms with Gasteiger partial charge in [0.05, 0.1) is 11.6 Å². The zero-order chi connectivity index (χ0) is 20.2. The first-order valence-electron chi connectivity index (χ1n) is 9.93. The van der Waals surface area contributed by atoms with Crippen LogP contribution in [-0.4, -0.2) is 47.0 Å². The zero-order valence-corrected chi connectivity index (χ0v) is 16.4. The van der Waals surface area contributed by atoms with Gasteiger partial charge in [-0.05, 0) is 44.0 Å². The normalized spacial score (nSPS) is 16.1. The van der Waals surface area contributed by atoms with Gasteiger partial charge in [0.15, 0.2) is 5.69 Å². The number of amides is 2. The molecule has 1 fully saturated rings. The molecule has 2 aromatic heterocycles. The van der Waals surface area contributed by atoms with E-state index < -0.39 is 0 Å². The molecule has 29 heavy (non-hydrogen) atoms. The molecule has 150 valence electrons. The fourth-order valence-corrected chi connectivity index (χ4v) is 3.62. The van der Waals surface area contributed by atoms with Crippen LogP contribution in [0.2, 0.25) is 0 Å². The summed E-state index contributed by atoms with van der Waals surface area (Å²) in [7, 11) is 0. The van der Waals surface area contributed by atoms with Gasteiger partial charge in [0.25, 0.3) is 11.8 Å². The molecule has 3 aromatic rings. The summed E-state index contributed by atoms with van der Waals surface area (Å²) in [5.74, 6) is -0.336. The van der Waals surface area contributed by atoms with Crippen LogP contribution >= 0.6 is 0 Å². The van der Waals surface area contributed by atoms with E-state index in [1.807, 2.05) is 49.4 Å². The Morgan fingerprint density at radius 1 is 1.21 bits per heavy atom. The first-order valence-corrected chi connectivity index (χ1v) is 9.93. The third-order valence-corrected chi connectivity index (χ3v) is 5.10. The fourth-order valence-electron chi connectivity index (χ4n) is 3.62. The Morgan fingerprint density at radius 3 is 2.72 bits per heavy atom. The Morgan fingerprint density at radius 2 is 2.00 bits per heavy atom. The van der Waals surface area contributed by atoms with E-state index >= 15 is 0 Å². The number of carbonyl (C=O) groups excluding carboxylic acids is 2. The average Bonchev–Trinajstić information content (AvgIpc) is 3.41. The number of nitrogens with one attached hydrogen (secondary N) is 1. The number of para-hydroxylation sites is 1. The highest BCUT2D eigenvalue weighted by Crippen LogP contribution is 2.19. The highest BCUT2D eigenvalue weighted by molar-refractivity contribution is 6.07. The van der Waals surface area contributed by atoms with Gasteiger partial charge in [0.1, 0.15) is 0 Å². The number of aromatic nitrogens is 2. The van der Waals surface area contributed by atoms with E-state index in [0.717, 1.165) is 25.1 Å². The van der Waals surface area contributed by atoms with Gasteiger partial charge in [0, 0.05) is 31.6 Å². The maximum atomic E-state index is 13.3. The first kappa shape index (κ1) is 19.1. The van der Waals surface area contributed by atoms with E-state index in [0.29, 0.717) is 18.6 Å². The van der Waals surface area contributed by atoms with Crippen LogP contribution in [0.5, 0.6) is 0 Å². The van der Waals surface area contributed by atoms with Crippen LogP contribution in [0.4, 0.5) is 5.69 Å². The lowest BCUT2D eigenvalue weighted by Gasteiger charge is -2.20. The van der Waals surface area contributed by atoms with E-state index in [1.54, 1.807) is 21.6 Å². The molecule has 2 amide bonds. The van der Waals surface area contributed by atoms with Gasteiger partial charge >= 0.3 is 0 Å². The van der Waals surface area contributed by atoms with Crippen LogP contribution < -0.4 is 10.2 Å². The Bertz CT molecular complexity index is 1010. The van der Waals surface area contributed by atoms with Crippen molar-refractivity contribution in [2.45, 2.75) is 25.9 Å². The molecular formula is C22H24N4O3. The lowest BCUT2D eigenvalue weighted by atomic mass is 10.2. The first-order chi connectivity index (χ1) is 14.2. The molecule has 0 bridgehead atoms. The summed E-state index contributed by atoms with van der Waals surface area (Å²) in [6.07, 6.45) is 3.75. The van der Waals surface area contributed by atoms with Crippen molar-refractivity contribution < 1.29 is 14.3 Å². The number of benzene rings is 1. The van der Waals surface area contributed by atoms with E-state index in [4.69, 9.17) is 4.74 Å². The number of rotatable bonds is 6. The topological polar surface area (TPSA) is 75.9 Å². The average molecular weight is 392 g/mol. The maximum absolute atomic E-state index is 13.3. The van der Waals surface area contributed by atoms with E-state index in [2.05, 4.69) is 10.3 Å². The van der Waals surface area contributed by atoms with Gasteiger partial charge in [0.2, 0.25) is 5.82 Å². The monoisotopic (exact) mass is 392 g/mol. The Hall–Kier alpha value is -3.19. The van der Waals surface area contributed by atoms with Crippen LogP contribution in [0.1, 0.15) is 40.9 Å². The summed E-state index contributed by atoms with van der Waals surface area (Å²) in [5.41, 5.74) is 1.64. The number of nitrogens with zero attached hydrogens (tertiary/aromatic N) is 3. The number of hydrogen-bond donors (Lipinski definition) is 1. The number of anilines is 1. The minimum atomic E-state index is -0.300. The Kier molecular flexibility index (Phi) is 5.57. The van der Waals surface area contributed by atoms with Crippen LogP contribution in [0.15, 0.2) is 54.7 Å². The van der Waals surface area contributed by atoms with E-state index in [-0.39, 0.29) is 29.4 Å². The van der Waals surface area contributed by atoms with Gasteiger partial charge in [-0.3, -0.25) is 14.0 Å². The molecule has 1 aliphatic heterocycles. The van der Waals surface area contributed by atoms with Gasteiger partial charge in [-0.25, -0.2) is 4.98 Å². The highest BCUT2D eigenvalue weighted by Gasteiger charge is 2.26. The van der Waals surface area contributed by atoms with Gasteiger partial charge < -0.3 is 15.0 Å². The van der Waals surface area contributed by atoms with Crippen LogP contribution in [0, 0.1) is 0 Å². The van der Waals surface area contributed by atoms with Crippen molar-refractivity contribution in [2.75, 3.05) is 24.6 Å². The van der Waals surface area contributed by atoms with Crippen molar-refractivity contribution >= 4 is 23.0 Å². The quantitative estimate of drug-likeness (QED) is 0.700. The van der Waals surface area contributed by atoms with Crippen molar-refractivity contribution in [3.8, 4) is 0 Å². The van der Waals surface area contributed by atoms with Gasteiger partial charge in [-0.2, -0.15) is 0 Å².